The number of fused-ring (bicyclic) bond motifs is 1. The molecule has 27 heavy (non-hydrogen) atoms. The number of esters is 1. The van der Waals surface area contributed by atoms with Crippen LogP contribution in [0.4, 0.5) is 0 Å². The van der Waals surface area contributed by atoms with Crippen molar-refractivity contribution in [1.29, 1.82) is 0 Å². The van der Waals surface area contributed by atoms with Gasteiger partial charge in [0.2, 0.25) is 6.79 Å². The number of rotatable bonds is 5. The van der Waals surface area contributed by atoms with E-state index in [9.17, 15) is 14.4 Å². The number of nitrogens with zero attached hydrogens (tertiary/aromatic N) is 2. The molecular weight excluding hydrogens is 354 g/mol. The fourth-order valence-corrected chi connectivity index (χ4v) is 2.59. The third kappa shape index (κ3) is 3.91. The normalized spacial score (nSPS) is 12.0. The Balaban J connectivity index is 1.57. The maximum absolute atomic E-state index is 12.2. The first-order valence-electron chi connectivity index (χ1n) is 8.23. The van der Waals surface area contributed by atoms with Crippen molar-refractivity contribution in [3.8, 4) is 11.5 Å². The van der Waals surface area contributed by atoms with Gasteiger partial charge in [-0.15, -0.1) is 0 Å². The number of benzene rings is 1. The summed E-state index contributed by atoms with van der Waals surface area (Å²) in [7, 11) is 1.45. The van der Waals surface area contributed by atoms with Crippen molar-refractivity contribution in [1.82, 2.24) is 15.1 Å². The Morgan fingerprint density at radius 3 is 2.78 bits per heavy atom. The Bertz CT molecular complexity index is 966. The Morgan fingerprint density at radius 1 is 1.26 bits per heavy atom. The molecule has 0 atom stereocenters. The van der Waals surface area contributed by atoms with Gasteiger partial charge >= 0.3 is 5.97 Å². The molecule has 2 heterocycles. The lowest BCUT2D eigenvalue weighted by molar-refractivity contribution is -0.124. The molecule has 0 saturated carbocycles. The number of nitrogens with one attached hydrogen (secondary N) is 1. The topological polar surface area (TPSA) is 109 Å². The molecule has 1 amide bonds. The van der Waals surface area contributed by atoms with Crippen LogP contribution in [0.1, 0.15) is 27.2 Å². The standard InChI is InChI=1S/C18H19N3O6/c1-10-11(2)20-21(3)17(23)16(10)18(24)25-8-15(22)19-7-12-4-5-13-14(6-12)27-9-26-13/h4-6H,7-9H2,1-3H3,(H,19,22). The number of carbonyl (C=O) groups excluding carboxylic acids is 2. The number of carbonyl (C=O) groups is 2. The number of ether oxygens (including phenoxy) is 3. The fourth-order valence-electron chi connectivity index (χ4n) is 2.59. The maximum atomic E-state index is 12.2. The monoisotopic (exact) mass is 373 g/mol. The van der Waals surface area contributed by atoms with Gasteiger partial charge in [0.1, 0.15) is 5.56 Å². The molecule has 0 bridgehead atoms. The van der Waals surface area contributed by atoms with Crippen molar-refractivity contribution in [3.05, 3.63) is 50.9 Å². The molecule has 0 unspecified atom stereocenters. The van der Waals surface area contributed by atoms with Crippen LogP contribution in [0.3, 0.4) is 0 Å². The smallest absolute Gasteiger partial charge is 0.344 e. The van der Waals surface area contributed by atoms with Crippen molar-refractivity contribution in [3.63, 3.8) is 0 Å². The minimum absolute atomic E-state index is 0.117. The maximum Gasteiger partial charge on any atom is 0.344 e. The average Bonchev–Trinajstić information content (AvgIpc) is 3.11. The van der Waals surface area contributed by atoms with Crippen LogP contribution in [-0.2, 0) is 23.1 Å². The molecule has 1 aliphatic rings. The van der Waals surface area contributed by atoms with Crippen LogP contribution < -0.4 is 20.3 Å². The summed E-state index contributed by atoms with van der Waals surface area (Å²) >= 11 is 0. The molecule has 0 fully saturated rings. The number of hydrogen-bond acceptors (Lipinski definition) is 7. The fraction of sp³-hybridized carbons (Fsp3) is 0.333. The van der Waals surface area contributed by atoms with E-state index in [2.05, 4.69) is 10.4 Å². The first-order chi connectivity index (χ1) is 12.9. The van der Waals surface area contributed by atoms with Gasteiger partial charge in [0.25, 0.3) is 11.5 Å². The first kappa shape index (κ1) is 18.4. The van der Waals surface area contributed by atoms with Crippen LogP contribution in [-0.4, -0.2) is 35.1 Å². The number of hydrogen-bond donors (Lipinski definition) is 1. The van der Waals surface area contributed by atoms with Gasteiger partial charge in [-0.05, 0) is 37.1 Å². The largest absolute Gasteiger partial charge is 0.454 e. The highest BCUT2D eigenvalue weighted by atomic mass is 16.7. The van der Waals surface area contributed by atoms with Gasteiger partial charge < -0.3 is 19.5 Å². The van der Waals surface area contributed by atoms with Crippen LogP contribution >= 0.6 is 0 Å². The Hall–Kier alpha value is -3.36. The molecule has 0 spiro atoms. The van der Waals surface area contributed by atoms with E-state index in [4.69, 9.17) is 14.2 Å². The molecule has 0 saturated heterocycles. The van der Waals surface area contributed by atoms with Crippen LogP contribution in [0, 0.1) is 13.8 Å². The zero-order chi connectivity index (χ0) is 19.6. The van der Waals surface area contributed by atoms with Gasteiger partial charge in [-0.2, -0.15) is 5.10 Å². The van der Waals surface area contributed by atoms with E-state index in [1.807, 2.05) is 0 Å². The predicted molar refractivity (Wildman–Crippen MR) is 93.6 cm³/mol. The van der Waals surface area contributed by atoms with Crippen molar-refractivity contribution >= 4 is 11.9 Å². The van der Waals surface area contributed by atoms with Crippen molar-refractivity contribution in [2.75, 3.05) is 13.4 Å². The summed E-state index contributed by atoms with van der Waals surface area (Å²) in [6.45, 7) is 3.22. The van der Waals surface area contributed by atoms with Crippen molar-refractivity contribution in [2.45, 2.75) is 20.4 Å². The summed E-state index contributed by atoms with van der Waals surface area (Å²) < 4.78 is 16.6. The quantitative estimate of drug-likeness (QED) is 0.765. The van der Waals surface area contributed by atoms with E-state index in [0.717, 1.165) is 10.2 Å². The van der Waals surface area contributed by atoms with Gasteiger partial charge in [-0.25, -0.2) is 9.48 Å². The molecule has 1 aromatic heterocycles. The summed E-state index contributed by atoms with van der Waals surface area (Å²) in [6.07, 6.45) is 0. The van der Waals surface area contributed by atoms with Crippen LogP contribution in [0.5, 0.6) is 11.5 Å². The lowest BCUT2D eigenvalue weighted by atomic mass is 10.1. The highest BCUT2D eigenvalue weighted by Crippen LogP contribution is 2.32. The van der Waals surface area contributed by atoms with E-state index in [-0.39, 0.29) is 18.9 Å². The molecule has 142 valence electrons. The van der Waals surface area contributed by atoms with Gasteiger partial charge in [0.15, 0.2) is 18.1 Å². The summed E-state index contributed by atoms with van der Waals surface area (Å²) in [5.74, 6) is -0.0609. The van der Waals surface area contributed by atoms with Crippen molar-refractivity contribution < 1.29 is 23.8 Å². The number of aromatic nitrogens is 2. The second kappa shape index (κ2) is 7.48. The molecule has 2 aromatic rings. The Labute approximate surface area is 154 Å². The molecule has 9 nitrogen and oxygen atoms in total. The average molecular weight is 373 g/mol. The van der Waals surface area contributed by atoms with E-state index in [0.29, 0.717) is 22.8 Å². The summed E-state index contributed by atoms with van der Waals surface area (Å²) in [4.78, 5) is 36.3. The second-order valence-electron chi connectivity index (χ2n) is 6.05. The van der Waals surface area contributed by atoms with Crippen molar-refractivity contribution in [2.24, 2.45) is 7.05 Å². The Kier molecular flexibility index (Phi) is 5.11. The van der Waals surface area contributed by atoms with Gasteiger partial charge in [-0.1, -0.05) is 6.07 Å². The summed E-state index contributed by atoms with van der Waals surface area (Å²) in [6, 6.07) is 5.32. The molecular formula is C18H19N3O6. The van der Waals surface area contributed by atoms with Crippen LogP contribution in [0.2, 0.25) is 0 Å². The van der Waals surface area contributed by atoms with E-state index in [1.165, 1.54) is 7.05 Å². The third-order valence-corrected chi connectivity index (χ3v) is 4.19. The molecule has 0 aliphatic carbocycles. The molecule has 1 N–H and O–H groups in total. The first-order valence-corrected chi connectivity index (χ1v) is 8.23. The SMILES string of the molecule is Cc1nn(C)c(=O)c(C(=O)OCC(=O)NCc2ccc3c(c2)OCO3)c1C. The highest BCUT2D eigenvalue weighted by molar-refractivity contribution is 5.92. The zero-order valence-electron chi connectivity index (χ0n) is 15.2. The molecule has 3 rings (SSSR count). The molecule has 0 radical (unpaired) electrons. The minimum atomic E-state index is -0.850. The van der Waals surface area contributed by atoms with Gasteiger partial charge in [-0.3, -0.25) is 9.59 Å². The van der Waals surface area contributed by atoms with Gasteiger partial charge in [0.05, 0.1) is 5.69 Å². The van der Waals surface area contributed by atoms with E-state index >= 15 is 0 Å². The zero-order valence-corrected chi connectivity index (χ0v) is 15.2. The number of aryl methyl sites for hydroxylation is 2. The Morgan fingerprint density at radius 2 is 2.00 bits per heavy atom. The molecule has 9 heteroatoms. The lowest BCUT2D eigenvalue weighted by Crippen LogP contribution is -2.32. The predicted octanol–water partition coefficient (Wildman–Crippen LogP) is 0.599. The highest BCUT2D eigenvalue weighted by Gasteiger charge is 2.20. The van der Waals surface area contributed by atoms with Crippen LogP contribution in [0.25, 0.3) is 0 Å². The van der Waals surface area contributed by atoms with Crippen LogP contribution in [0.15, 0.2) is 23.0 Å². The summed E-state index contributed by atoms with van der Waals surface area (Å²) in [5.41, 5.74) is 1.10. The van der Waals surface area contributed by atoms with Gasteiger partial charge in [0, 0.05) is 13.6 Å². The third-order valence-electron chi connectivity index (χ3n) is 4.19. The lowest BCUT2D eigenvalue weighted by Gasteiger charge is -2.10. The minimum Gasteiger partial charge on any atom is -0.454 e. The number of amides is 1. The summed E-state index contributed by atoms with van der Waals surface area (Å²) in [5, 5.41) is 6.64. The molecule has 1 aliphatic heterocycles. The van der Waals surface area contributed by atoms with E-state index < -0.39 is 24.0 Å². The van der Waals surface area contributed by atoms with E-state index in [1.54, 1.807) is 32.0 Å². The second-order valence-corrected chi connectivity index (χ2v) is 6.05. The molecule has 1 aromatic carbocycles.